The van der Waals surface area contributed by atoms with Crippen LogP contribution < -0.4 is 5.32 Å². The maximum absolute atomic E-state index is 11.6. The lowest BCUT2D eigenvalue weighted by Gasteiger charge is -2.26. The summed E-state index contributed by atoms with van der Waals surface area (Å²) in [5.41, 5.74) is 1.70. The number of carbonyl (C=O) groups excluding carboxylic acids is 1. The van der Waals surface area contributed by atoms with Crippen LogP contribution in [-0.2, 0) is 4.74 Å². The molecule has 1 N–H and O–H groups in total. The second kappa shape index (κ2) is 8.16. The SMILES string of the molecule is CC(=O)c1ccc(-c2cnc3ccc(NCCCN4CCOCC4)nn23)s1. The van der Waals surface area contributed by atoms with E-state index < -0.39 is 0 Å². The maximum atomic E-state index is 11.6. The van der Waals surface area contributed by atoms with Crippen LogP contribution in [0.1, 0.15) is 23.0 Å². The zero-order chi connectivity index (χ0) is 18.6. The maximum Gasteiger partial charge on any atom is 0.169 e. The molecule has 4 heterocycles. The first-order chi connectivity index (χ1) is 13.2. The van der Waals surface area contributed by atoms with Gasteiger partial charge >= 0.3 is 0 Å². The van der Waals surface area contributed by atoms with E-state index in [0.717, 1.165) is 72.7 Å². The summed E-state index contributed by atoms with van der Waals surface area (Å²) in [6, 6.07) is 7.72. The van der Waals surface area contributed by atoms with E-state index in [-0.39, 0.29) is 5.78 Å². The second-order valence-electron chi connectivity index (χ2n) is 6.59. The van der Waals surface area contributed by atoms with Crippen molar-refractivity contribution in [3.63, 3.8) is 0 Å². The summed E-state index contributed by atoms with van der Waals surface area (Å²) in [5, 5.41) is 8.08. The van der Waals surface area contributed by atoms with Crippen molar-refractivity contribution in [3.8, 4) is 10.6 Å². The van der Waals surface area contributed by atoms with E-state index in [2.05, 4.69) is 20.3 Å². The van der Waals surface area contributed by atoms with Gasteiger partial charge in [0.25, 0.3) is 0 Å². The highest BCUT2D eigenvalue weighted by atomic mass is 32.1. The van der Waals surface area contributed by atoms with Gasteiger partial charge in [-0.25, -0.2) is 9.50 Å². The molecule has 1 aliphatic heterocycles. The number of hydrogen-bond acceptors (Lipinski definition) is 7. The number of imidazole rings is 1. The Morgan fingerprint density at radius 2 is 2.11 bits per heavy atom. The number of ketones is 1. The zero-order valence-corrected chi connectivity index (χ0v) is 16.2. The number of carbonyl (C=O) groups is 1. The number of hydrogen-bond donors (Lipinski definition) is 1. The van der Waals surface area contributed by atoms with Gasteiger partial charge in [-0.05, 0) is 44.2 Å². The average molecular weight is 385 g/mol. The first kappa shape index (κ1) is 18.1. The molecule has 142 valence electrons. The van der Waals surface area contributed by atoms with Gasteiger partial charge in [0.1, 0.15) is 11.5 Å². The van der Waals surface area contributed by atoms with Crippen LogP contribution in [0.5, 0.6) is 0 Å². The van der Waals surface area contributed by atoms with Gasteiger partial charge in [-0.1, -0.05) is 0 Å². The number of rotatable bonds is 7. The Balaban J connectivity index is 1.42. The quantitative estimate of drug-likeness (QED) is 0.498. The largest absolute Gasteiger partial charge is 0.379 e. The van der Waals surface area contributed by atoms with Gasteiger partial charge in [0.05, 0.1) is 29.2 Å². The monoisotopic (exact) mass is 385 g/mol. The number of fused-ring (bicyclic) bond motifs is 1. The lowest BCUT2D eigenvalue weighted by atomic mass is 10.3. The number of Topliss-reactive ketones (excluding diaryl/α,β-unsaturated/α-hetero) is 1. The minimum Gasteiger partial charge on any atom is -0.379 e. The first-order valence-corrected chi connectivity index (χ1v) is 10.0. The summed E-state index contributed by atoms with van der Waals surface area (Å²) in [5.74, 6) is 0.905. The van der Waals surface area contributed by atoms with Gasteiger partial charge in [0, 0.05) is 19.6 Å². The van der Waals surface area contributed by atoms with Crippen molar-refractivity contribution < 1.29 is 9.53 Å². The van der Waals surface area contributed by atoms with Crippen molar-refractivity contribution >= 4 is 28.6 Å². The predicted molar refractivity (Wildman–Crippen MR) is 107 cm³/mol. The molecule has 0 atom stereocenters. The number of anilines is 1. The average Bonchev–Trinajstić information content (AvgIpc) is 3.32. The molecule has 3 aromatic heterocycles. The molecule has 0 spiro atoms. The fraction of sp³-hybridized carbons (Fsp3) is 0.421. The van der Waals surface area contributed by atoms with E-state index in [9.17, 15) is 4.79 Å². The van der Waals surface area contributed by atoms with Gasteiger partial charge in [-0.2, -0.15) is 0 Å². The minimum atomic E-state index is 0.0793. The van der Waals surface area contributed by atoms with Crippen LogP contribution >= 0.6 is 11.3 Å². The predicted octanol–water partition coefficient (Wildman–Crippen LogP) is 2.79. The van der Waals surface area contributed by atoms with E-state index in [0.29, 0.717) is 0 Å². The first-order valence-electron chi connectivity index (χ1n) is 9.20. The van der Waals surface area contributed by atoms with Crippen LogP contribution in [0.4, 0.5) is 5.82 Å². The van der Waals surface area contributed by atoms with Crippen molar-refractivity contribution in [3.05, 3.63) is 35.3 Å². The normalized spacial score (nSPS) is 15.3. The number of nitrogens with zero attached hydrogens (tertiary/aromatic N) is 4. The molecule has 0 aliphatic carbocycles. The van der Waals surface area contributed by atoms with Crippen LogP contribution in [0.2, 0.25) is 0 Å². The second-order valence-corrected chi connectivity index (χ2v) is 7.67. The van der Waals surface area contributed by atoms with E-state index in [1.165, 1.54) is 11.3 Å². The number of aromatic nitrogens is 3. The highest BCUT2D eigenvalue weighted by Gasteiger charge is 2.12. The van der Waals surface area contributed by atoms with E-state index in [4.69, 9.17) is 4.74 Å². The molecule has 27 heavy (non-hydrogen) atoms. The van der Waals surface area contributed by atoms with E-state index in [1.807, 2.05) is 28.8 Å². The molecule has 1 aliphatic rings. The molecular formula is C19H23N5O2S. The smallest absolute Gasteiger partial charge is 0.169 e. The summed E-state index contributed by atoms with van der Waals surface area (Å²) < 4.78 is 7.21. The lowest BCUT2D eigenvalue weighted by molar-refractivity contribution is 0.0378. The Bertz CT molecular complexity index is 929. The van der Waals surface area contributed by atoms with Crippen LogP contribution in [-0.4, -0.2) is 64.7 Å². The van der Waals surface area contributed by atoms with Gasteiger partial charge in [-0.3, -0.25) is 9.69 Å². The third-order valence-electron chi connectivity index (χ3n) is 4.63. The van der Waals surface area contributed by atoms with Gasteiger partial charge < -0.3 is 10.1 Å². The lowest BCUT2D eigenvalue weighted by Crippen LogP contribution is -2.37. The fourth-order valence-corrected chi connectivity index (χ4v) is 4.04. The zero-order valence-electron chi connectivity index (χ0n) is 15.4. The standard InChI is InChI=1S/C19H23N5O2S/c1-14(25)16-3-4-17(27-16)15-13-21-19-6-5-18(22-24(15)19)20-7-2-8-23-9-11-26-12-10-23/h3-6,13H,2,7-12H2,1H3,(H,20,22). The van der Waals surface area contributed by atoms with Crippen molar-refractivity contribution in [2.24, 2.45) is 0 Å². The van der Waals surface area contributed by atoms with Crippen molar-refractivity contribution in [2.75, 3.05) is 44.7 Å². The Kier molecular flexibility index (Phi) is 5.47. The molecule has 0 amide bonds. The molecule has 4 rings (SSSR count). The fourth-order valence-electron chi connectivity index (χ4n) is 3.14. The molecule has 3 aromatic rings. The Hall–Kier alpha value is -2.29. The molecule has 0 radical (unpaired) electrons. The van der Waals surface area contributed by atoms with Crippen molar-refractivity contribution in [2.45, 2.75) is 13.3 Å². The summed E-state index contributed by atoms with van der Waals surface area (Å²) in [6.07, 6.45) is 2.86. The molecular weight excluding hydrogens is 362 g/mol. The highest BCUT2D eigenvalue weighted by molar-refractivity contribution is 7.17. The summed E-state index contributed by atoms with van der Waals surface area (Å²) >= 11 is 1.47. The molecule has 1 fully saturated rings. The number of ether oxygens (including phenoxy) is 1. The van der Waals surface area contributed by atoms with Crippen molar-refractivity contribution in [1.82, 2.24) is 19.5 Å². The third kappa shape index (κ3) is 4.18. The van der Waals surface area contributed by atoms with Crippen LogP contribution in [0.25, 0.3) is 16.2 Å². The third-order valence-corrected chi connectivity index (χ3v) is 5.84. The number of nitrogens with one attached hydrogen (secondary N) is 1. The van der Waals surface area contributed by atoms with Gasteiger partial charge in [-0.15, -0.1) is 16.4 Å². The molecule has 1 saturated heterocycles. The molecule has 0 saturated carbocycles. The minimum absolute atomic E-state index is 0.0793. The molecule has 8 heteroatoms. The van der Waals surface area contributed by atoms with Crippen LogP contribution in [0.15, 0.2) is 30.5 Å². The summed E-state index contributed by atoms with van der Waals surface area (Å²) in [4.78, 5) is 20.2. The van der Waals surface area contributed by atoms with Crippen molar-refractivity contribution in [1.29, 1.82) is 0 Å². The molecule has 0 bridgehead atoms. The Morgan fingerprint density at radius 1 is 1.26 bits per heavy atom. The number of thiophene rings is 1. The number of morpholine rings is 1. The molecule has 7 nitrogen and oxygen atoms in total. The van der Waals surface area contributed by atoms with Crippen LogP contribution in [0, 0.1) is 0 Å². The van der Waals surface area contributed by atoms with E-state index in [1.54, 1.807) is 13.1 Å². The Morgan fingerprint density at radius 3 is 2.89 bits per heavy atom. The summed E-state index contributed by atoms with van der Waals surface area (Å²) in [6.45, 7) is 7.23. The van der Waals surface area contributed by atoms with Crippen LogP contribution in [0.3, 0.4) is 0 Å². The molecule has 0 unspecified atom stereocenters. The summed E-state index contributed by atoms with van der Waals surface area (Å²) in [7, 11) is 0. The molecule has 0 aromatic carbocycles. The highest BCUT2D eigenvalue weighted by Crippen LogP contribution is 2.28. The topological polar surface area (TPSA) is 71.8 Å². The Labute approximate surface area is 162 Å². The van der Waals surface area contributed by atoms with Gasteiger partial charge in [0.2, 0.25) is 0 Å². The van der Waals surface area contributed by atoms with E-state index >= 15 is 0 Å². The van der Waals surface area contributed by atoms with Gasteiger partial charge in [0.15, 0.2) is 11.4 Å².